The summed E-state index contributed by atoms with van der Waals surface area (Å²) in [4.78, 5) is 13.2. The van der Waals surface area contributed by atoms with Crippen molar-refractivity contribution in [2.75, 3.05) is 13.1 Å². The zero-order valence-electron chi connectivity index (χ0n) is 10.9. The SMILES string of the molecule is CCC(CC)N(CC(F)(F)F)C(=O)C1(CN)CC1. The van der Waals surface area contributed by atoms with Gasteiger partial charge in [0.15, 0.2) is 0 Å². The number of amides is 1. The molecule has 3 nitrogen and oxygen atoms in total. The van der Waals surface area contributed by atoms with Crippen LogP contribution in [-0.4, -0.2) is 36.1 Å². The maximum atomic E-state index is 12.6. The Hall–Kier alpha value is -0.780. The lowest BCUT2D eigenvalue weighted by molar-refractivity contribution is -0.169. The minimum absolute atomic E-state index is 0.139. The predicted octanol–water partition coefficient (Wildman–Crippen LogP) is 2.30. The summed E-state index contributed by atoms with van der Waals surface area (Å²) in [5.41, 5.74) is 4.81. The average molecular weight is 266 g/mol. The Morgan fingerprint density at radius 1 is 1.33 bits per heavy atom. The lowest BCUT2D eigenvalue weighted by Gasteiger charge is -2.34. The van der Waals surface area contributed by atoms with Gasteiger partial charge in [0.25, 0.3) is 0 Å². The molecule has 0 aliphatic heterocycles. The van der Waals surface area contributed by atoms with Crippen molar-refractivity contribution in [1.82, 2.24) is 4.90 Å². The fourth-order valence-electron chi connectivity index (χ4n) is 2.25. The molecule has 0 unspecified atom stereocenters. The summed E-state index contributed by atoms with van der Waals surface area (Å²) in [6, 6.07) is -0.358. The van der Waals surface area contributed by atoms with Crippen molar-refractivity contribution in [3.8, 4) is 0 Å². The van der Waals surface area contributed by atoms with Crippen molar-refractivity contribution in [2.45, 2.75) is 51.7 Å². The number of carbonyl (C=O) groups is 1. The van der Waals surface area contributed by atoms with Crippen molar-refractivity contribution in [3.05, 3.63) is 0 Å². The van der Waals surface area contributed by atoms with Crippen LogP contribution in [0.5, 0.6) is 0 Å². The van der Waals surface area contributed by atoms with Crippen molar-refractivity contribution >= 4 is 5.91 Å². The molecule has 0 heterocycles. The number of halogens is 3. The summed E-state index contributed by atoms with van der Waals surface area (Å²) in [7, 11) is 0. The van der Waals surface area contributed by atoms with Crippen molar-refractivity contribution in [3.63, 3.8) is 0 Å². The molecule has 1 saturated carbocycles. The standard InChI is InChI=1S/C12H21F3N2O/c1-3-9(4-2)17(8-12(13,14)15)10(18)11(7-16)5-6-11/h9H,3-8,16H2,1-2H3. The summed E-state index contributed by atoms with van der Waals surface area (Å²) in [5.74, 6) is -0.420. The summed E-state index contributed by atoms with van der Waals surface area (Å²) >= 11 is 0. The third-order valence-electron chi connectivity index (χ3n) is 3.69. The van der Waals surface area contributed by atoms with E-state index in [-0.39, 0.29) is 12.6 Å². The first-order valence-corrected chi connectivity index (χ1v) is 6.37. The number of rotatable bonds is 6. The molecular weight excluding hydrogens is 245 g/mol. The minimum atomic E-state index is -4.36. The fraction of sp³-hybridized carbons (Fsp3) is 0.917. The van der Waals surface area contributed by atoms with Crippen molar-refractivity contribution < 1.29 is 18.0 Å². The van der Waals surface area contributed by atoms with Gasteiger partial charge in [-0.05, 0) is 25.7 Å². The first-order chi connectivity index (χ1) is 8.29. The molecule has 2 N–H and O–H groups in total. The van der Waals surface area contributed by atoms with E-state index < -0.39 is 24.0 Å². The van der Waals surface area contributed by atoms with Gasteiger partial charge in [-0.15, -0.1) is 0 Å². The highest BCUT2D eigenvalue weighted by Crippen LogP contribution is 2.47. The maximum Gasteiger partial charge on any atom is 0.406 e. The van der Waals surface area contributed by atoms with Crippen LogP contribution in [0.4, 0.5) is 13.2 Å². The average Bonchev–Trinajstić information content (AvgIpc) is 3.07. The molecule has 0 spiro atoms. The first-order valence-electron chi connectivity index (χ1n) is 6.37. The summed E-state index contributed by atoms with van der Waals surface area (Å²) < 4.78 is 37.8. The highest BCUT2D eigenvalue weighted by Gasteiger charge is 2.52. The third-order valence-corrected chi connectivity index (χ3v) is 3.69. The molecule has 0 aromatic carbocycles. The van der Waals surface area contributed by atoms with E-state index in [2.05, 4.69) is 0 Å². The van der Waals surface area contributed by atoms with Gasteiger partial charge in [-0.2, -0.15) is 13.2 Å². The molecule has 106 valence electrons. The van der Waals surface area contributed by atoms with Gasteiger partial charge < -0.3 is 10.6 Å². The van der Waals surface area contributed by atoms with E-state index in [1.807, 2.05) is 0 Å². The van der Waals surface area contributed by atoms with Crippen LogP contribution in [0.1, 0.15) is 39.5 Å². The van der Waals surface area contributed by atoms with E-state index in [0.29, 0.717) is 25.7 Å². The zero-order chi connectivity index (χ0) is 14.0. The van der Waals surface area contributed by atoms with Crippen LogP contribution in [0.25, 0.3) is 0 Å². The Bertz CT molecular complexity index is 296. The van der Waals surface area contributed by atoms with Crippen LogP contribution in [0, 0.1) is 5.41 Å². The Labute approximate surface area is 106 Å². The van der Waals surface area contributed by atoms with Gasteiger partial charge in [0.05, 0.1) is 5.41 Å². The van der Waals surface area contributed by atoms with E-state index in [1.165, 1.54) is 0 Å². The number of alkyl halides is 3. The molecule has 1 aliphatic rings. The van der Waals surface area contributed by atoms with Gasteiger partial charge in [-0.25, -0.2) is 0 Å². The van der Waals surface area contributed by atoms with E-state index in [0.717, 1.165) is 4.90 Å². The van der Waals surface area contributed by atoms with Gasteiger partial charge in [0.2, 0.25) is 5.91 Å². The second-order valence-electron chi connectivity index (χ2n) is 5.00. The van der Waals surface area contributed by atoms with Gasteiger partial charge >= 0.3 is 6.18 Å². The summed E-state index contributed by atoms with van der Waals surface area (Å²) in [6.07, 6.45) is -2.09. The van der Waals surface area contributed by atoms with E-state index in [9.17, 15) is 18.0 Å². The highest BCUT2D eigenvalue weighted by molar-refractivity contribution is 5.86. The summed E-state index contributed by atoms with van der Waals surface area (Å²) in [6.45, 7) is 2.57. The third kappa shape index (κ3) is 3.37. The summed E-state index contributed by atoms with van der Waals surface area (Å²) in [5, 5.41) is 0. The monoisotopic (exact) mass is 266 g/mol. The second kappa shape index (κ2) is 5.47. The molecule has 1 rings (SSSR count). The van der Waals surface area contributed by atoms with Gasteiger partial charge in [0.1, 0.15) is 6.54 Å². The van der Waals surface area contributed by atoms with E-state index in [1.54, 1.807) is 13.8 Å². The van der Waals surface area contributed by atoms with E-state index in [4.69, 9.17) is 5.73 Å². The van der Waals surface area contributed by atoms with Gasteiger partial charge in [0, 0.05) is 12.6 Å². The Morgan fingerprint density at radius 2 is 1.83 bits per heavy atom. The smallest absolute Gasteiger partial charge is 0.330 e. The van der Waals surface area contributed by atoms with Gasteiger partial charge in [-0.3, -0.25) is 4.79 Å². The lowest BCUT2D eigenvalue weighted by atomic mass is 10.0. The van der Waals surface area contributed by atoms with Crippen LogP contribution in [-0.2, 0) is 4.79 Å². The molecule has 0 aromatic heterocycles. The Morgan fingerprint density at radius 3 is 2.11 bits per heavy atom. The van der Waals surface area contributed by atoms with E-state index >= 15 is 0 Å². The number of nitrogens with zero attached hydrogens (tertiary/aromatic N) is 1. The normalized spacial score (nSPS) is 17.9. The Balaban J connectivity index is 2.86. The first kappa shape index (κ1) is 15.3. The van der Waals surface area contributed by atoms with Crippen LogP contribution in [0.2, 0.25) is 0 Å². The number of nitrogens with two attached hydrogens (primary N) is 1. The molecule has 0 atom stereocenters. The number of hydrogen-bond donors (Lipinski definition) is 1. The molecule has 0 radical (unpaired) electrons. The van der Waals surface area contributed by atoms with Gasteiger partial charge in [-0.1, -0.05) is 13.8 Å². The maximum absolute atomic E-state index is 12.6. The second-order valence-corrected chi connectivity index (χ2v) is 5.00. The molecule has 1 amide bonds. The quantitative estimate of drug-likeness (QED) is 0.802. The molecule has 1 aliphatic carbocycles. The number of carbonyl (C=O) groups excluding carboxylic acids is 1. The van der Waals surface area contributed by atoms with Crippen molar-refractivity contribution in [1.29, 1.82) is 0 Å². The molecule has 6 heteroatoms. The Kier molecular flexibility index (Phi) is 4.64. The minimum Gasteiger partial charge on any atom is -0.330 e. The molecule has 1 fully saturated rings. The molecule has 0 bridgehead atoms. The fourth-order valence-corrected chi connectivity index (χ4v) is 2.25. The van der Waals surface area contributed by atoms with Crippen molar-refractivity contribution in [2.24, 2.45) is 11.1 Å². The topological polar surface area (TPSA) is 46.3 Å². The van der Waals surface area contributed by atoms with Crippen LogP contribution in [0.3, 0.4) is 0 Å². The lowest BCUT2D eigenvalue weighted by Crippen LogP contribution is -2.49. The van der Waals surface area contributed by atoms with Crippen LogP contribution in [0.15, 0.2) is 0 Å². The molecule has 0 aromatic rings. The molecular formula is C12H21F3N2O. The largest absolute Gasteiger partial charge is 0.406 e. The predicted molar refractivity (Wildman–Crippen MR) is 62.9 cm³/mol. The van der Waals surface area contributed by atoms with Crippen LogP contribution < -0.4 is 5.73 Å². The number of hydrogen-bond acceptors (Lipinski definition) is 2. The highest BCUT2D eigenvalue weighted by atomic mass is 19.4. The molecule has 0 saturated heterocycles. The van der Waals surface area contributed by atoms with Crippen LogP contribution >= 0.6 is 0 Å². The molecule has 18 heavy (non-hydrogen) atoms. The zero-order valence-corrected chi connectivity index (χ0v) is 10.9.